The van der Waals surface area contributed by atoms with E-state index < -0.39 is 0 Å². The normalized spacial score (nSPS) is 24.8. The summed E-state index contributed by atoms with van der Waals surface area (Å²) in [4.78, 5) is 0. The third-order valence-corrected chi connectivity index (χ3v) is 2.65. The smallest absolute Gasteiger partial charge is 0.0275 e. The summed E-state index contributed by atoms with van der Waals surface area (Å²) in [7, 11) is 0. The predicted octanol–water partition coefficient (Wildman–Crippen LogP) is 2.59. The maximum Gasteiger partial charge on any atom is 0.0275 e. The van der Waals surface area contributed by atoms with Crippen LogP contribution in [0.15, 0.2) is 11.6 Å². The van der Waals surface area contributed by atoms with Crippen molar-refractivity contribution in [1.82, 2.24) is 5.32 Å². The van der Waals surface area contributed by atoms with Gasteiger partial charge in [0.15, 0.2) is 0 Å². The number of hydrogen-bond donors (Lipinski definition) is 1. The first-order valence-electron chi connectivity index (χ1n) is 5.05. The maximum atomic E-state index is 3.53. The third kappa shape index (κ3) is 2.34. The molecule has 0 aliphatic carbocycles. The van der Waals surface area contributed by atoms with Gasteiger partial charge >= 0.3 is 0 Å². The highest BCUT2D eigenvalue weighted by atomic mass is 14.9. The molecular formula is C11H21N. The molecule has 0 aromatic heterocycles. The van der Waals surface area contributed by atoms with Crippen LogP contribution in [0.2, 0.25) is 0 Å². The van der Waals surface area contributed by atoms with Crippen molar-refractivity contribution in [3.63, 3.8) is 0 Å². The average molecular weight is 167 g/mol. The van der Waals surface area contributed by atoms with Crippen LogP contribution in [-0.2, 0) is 0 Å². The van der Waals surface area contributed by atoms with E-state index >= 15 is 0 Å². The first-order valence-corrected chi connectivity index (χ1v) is 5.05. The van der Waals surface area contributed by atoms with E-state index in [9.17, 15) is 0 Å². The highest BCUT2D eigenvalue weighted by Gasteiger charge is 2.16. The Kier molecular flexibility index (Phi) is 3.33. The molecule has 1 heteroatoms. The zero-order valence-corrected chi connectivity index (χ0v) is 8.72. The van der Waals surface area contributed by atoms with Gasteiger partial charge in [0.1, 0.15) is 0 Å². The molecule has 12 heavy (non-hydrogen) atoms. The summed E-state index contributed by atoms with van der Waals surface area (Å²) < 4.78 is 0. The predicted molar refractivity (Wildman–Crippen MR) is 54.2 cm³/mol. The van der Waals surface area contributed by atoms with Crippen molar-refractivity contribution in [3.05, 3.63) is 11.6 Å². The lowest BCUT2D eigenvalue weighted by atomic mass is 9.91. The molecule has 0 radical (unpaired) electrons. The van der Waals surface area contributed by atoms with Gasteiger partial charge in [-0.05, 0) is 24.8 Å². The Hall–Kier alpha value is -0.300. The molecule has 1 atom stereocenters. The summed E-state index contributed by atoms with van der Waals surface area (Å²) in [5.74, 6) is 1.45. The van der Waals surface area contributed by atoms with E-state index in [1.165, 1.54) is 6.42 Å². The molecule has 0 bridgehead atoms. The van der Waals surface area contributed by atoms with Crippen molar-refractivity contribution in [2.75, 3.05) is 6.54 Å². The molecule has 0 saturated carbocycles. The first-order chi connectivity index (χ1) is 5.61. The second-order valence-electron chi connectivity index (χ2n) is 4.37. The Labute approximate surface area is 76.2 Å². The fourth-order valence-corrected chi connectivity index (χ4v) is 1.67. The van der Waals surface area contributed by atoms with Gasteiger partial charge in [0.2, 0.25) is 0 Å². The fourth-order valence-electron chi connectivity index (χ4n) is 1.67. The van der Waals surface area contributed by atoms with E-state index in [0.29, 0.717) is 6.04 Å². The van der Waals surface area contributed by atoms with Gasteiger partial charge in [0.25, 0.3) is 0 Å². The van der Waals surface area contributed by atoms with E-state index in [-0.39, 0.29) is 0 Å². The van der Waals surface area contributed by atoms with Gasteiger partial charge in [-0.2, -0.15) is 0 Å². The standard InChI is InChI=1S/C11H21N/c1-8(2)10-5-6-12-11(7-10)9(3)4/h7-9,11-12H,5-6H2,1-4H3/t11-/m1/s1. The van der Waals surface area contributed by atoms with Crippen molar-refractivity contribution in [3.8, 4) is 0 Å². The van der Waals surface area contributed by atoms with E-state index in [0.717, 1.165) is 18.4 Å². The van der Waals surface area contributed by atoms with Gasteiger partial charge in [-0.25, -0.2) is 0 Å². The lowest BCUT2D eigenvalue weighted by molar-refractivity contribution is 0.437. The van der Waals surface area contributed by atoms with E-state index in [4.69, 9.17) is 0 Å². The molecule has 0 unspecified atom stereocenters. The average Bonchev–Trinajstić information content (AvgIpc) is 2.04. The zero-order chi connectivity index (χ0) is 9.14. The zero-order valence-electron chi connectivity index (χ0n) is 8.72. The minimum absolute atomic E-state index is 0.608. The lowest BCUT2D eigenvalue weighted by Gasteiger charge is -2.27. The summed E-state index contributed by atoms with van der Waals surface area (Å²) in [6.45, 7) is 10.3. The fraction of sp³-hybridized carbons (Fsp3) is 0.818. The van der Waals surface area contributed by atoms with Crippen LogP contribution in [0.1, 0.15) is 34.1 Å². The van der Waals surface area contributed by atoms with E-state index in [1.807, 2.05) is 0 Å². The maximum absolute atomic E-state index is 3.53. The lowest BCUT2D eigenvalue weighted by Crippen LogP contribution is -2.36. The number of rotatable bonds is 2. The molecule has 0 aromatic rings. The molecule has 0 spiro atoms. The summed E-state index contributed by atoms with van der Waals surface area (Å²) in [6.07, 6.45) is 3.67. The van der Waals surface area contributed by atoms with E-state index in [1.54, 1.807) is 5.57 Å². The van der Waals surface area contributed by atoms with E-state index in [2.05, 4.69) is 39.1 Å². The van der Waals surface area contributed by atoms with Crippen LogP contribution < -0.4 is 5.32 Å². The molecule has 1 rings (SSSR count). The summed E-state index contributed by atoms with van der Waals surface area (Å²) in [6, 6.07) is 0.608. The van der Waals surface area contributed by atoms with Crippen molar-refractivity contribution in [1.29, 1.82) is 0 Å². The quantitative estimate of drug-likeness (QED) is 0.623. The highest BCUT2D eigenvalue weighted by molar-refractivity contribution is 5.13. The Balaban J connectivity index is 2.63. The molecule has 1 N–H and O–H groups in total. The van der Waals surface area contributed by atoms with Crippen molar-refractivity contribution < 1.29 is 0 Å². The molecule has 0 saturated heterocycles. The van der Waals surface area contributed by atoms with Crippen molar-refractivity contribution in [2.45, 2.75) is 40.2 Å². The highest BCUT2D eigenvalue weighted by Crippen LogP contribution is 2.20. The molecule has 70 valence electrons. The van der Waals surface area contributed by atoms with Crippen LogP contribution in [-0.4, -0.2) is 12.6 Å². The minimum atomic E-state index is 0.608. The second kappa shape index (κ2) is 4.08. The Morgan fingerprint density at radius 3 is 2.50 bits per heavy atom. The van der Waals surface area contributed by atoms with Crippen molar-refractivity contribution in [2.24, 2.45) is 11.8 Å². The minimum Gasteiger partial charge on any atom is -0.310 e. The summed E-state index contributed by atoms with van der Waals surface area (Å²) in [5.41, 5.74) is 1.63. The monoisotopic (exact) mass is 167 g/mol. The van der Waals surface area contributed by atoms with Gasteiger partial charge in [-0.3, -0.25) is 0 Å². The van der Waals surface area contributed by atoms with Gasteiger partial charge < -0.3 is 5.32 Å². The van der Waals surface area contributed by atoms with Gasteiger partial charge in [-0.15, -0.1) is 0 Å². The van der Waals surface area contributed by atoms with Crippen LogP contribution in [0.5, 0.6) is 0 Å². The molecular weight excluding hydrogens is 146 g/mol. The van der Waals surface area contributed by atoms with Gasteiger partial charge in [-0.1, -0.05) is 39.3 Å². The second-order valence-corrected chi connectivity index (χ2v) is 4.37. The molecule has 0 amide bonds. The molecule has 1 heterocycles. The van der Waals surface area contributed by atoms with Crippen LogP contribution in [0.3, 0.4) is 0 Å². The molecule has 0 aromatic carbocycles. The van der Waals surface area contributed by atoms with Crippen LogP contribution >= 0.6 is 0 Å². The Bertz CT molecular complexity index is 168. The number of hydrogen-bond acceptors (Lipinski definition) is 1. The van der Waals surface area contributed by atoms with Gasteiger partial charge in [0.05, 0.1) is 0 Å². The van der Waals surface area contributed by atoms with Gasteiger partial charge in [0, 0.05) is 6.04 Å². The summed E-state index contributed by atoms with van der Waals surface area (Å²) >= 11 is 0. The van der Waals surface area contributed by atoms with Crippen LogP contribution in [0.4, 0.5) is 0 Å². The molecule has 1 aliphatic heterocycles. The molecule has 0 fully saturated rings. The number of nitrogens with one attached hydrogen (secondary N) is 1. The largest absolute Gasteiger partial charge is 0.310 e. The molecule has 1 nitrogen and oxygen atoms in total. The Morgan fingerprint density at radius 1 is 1.33 bits per heavy atom. The third-order valence-electron chi connectivity index (χ3n) is 2.65. The Morgan fingerprint density at radius 2 is 2.00 bits per heavy atom. The van der Waals surface area contributed by atoms with Crippen LogP contribution in [0, 0.1) is 11.8 Å². The SMILES string of the molecule is CC(C)C1=C[C@H](C(C)C)NCC1. The molecule has 1 aliphatic rings. The first kappa shape index (κ1) is 9.79. The van der Waals surface area contributed by atoms with Crippen LogP contribution in [0.25, 0.3) is 0 Å². The topological polar surface area (TPSA) is 12.0 Å². The summed E-state index contributed by atoms with van der Waals surface area (Å²) in [5, 5.41) is 3.53. The van der Waals surface area contributed by atoms with Crippen molar-refractivity contribution >= 4 is 0 Å².